The van der Waals surface area contributed by atoms with Gasteiger partial charge in [0.15, 0.2) is 0 Å². The van der Waals surface area contributed by atoms with E-state index in [-0.39, 0.29) is 5.91 Å². The maximum atomic E-state index is 11.6. The summed E-state index contributed by atoms with van der Waals surface area (Å²) in [6.07, 6.45) is 1.58. The number of aryl methyl sites for hydroxylation is 1. The highest BCUT2D eigenvalue weighted by Gasteiger charge is 2.07. The molecule has 0 saturated heterocycles. The summed E-state index contributed by atoms with van der Waals surface area (Å²) in [6.45, 7) is 2.22. The molecule has 16 heavy (non-hydrogen) atoms. The van der Waals surface area contributed by atoms with Crippen LogP contribution in [0.5, 0.6) is 0 Å². The molecule has 5 heteroatoms. The average molecular weight is 219 g/mol. The van der Waals surface area contributed by atoms with Crippen LogP contribution in [0.4, 0.5) is 5.69 Å². The lowest BCUT2D eigenvalue weighted by atomic mass is 10.3. The van der Waals surface area contributed by atoms with Gasteiger partial charge in [-0.1, -0.05) is 0 Å². The minimum atomic E-state index is -0.203. The van der Waals surface area contributed by atoms with Gasteiger partial charge in [0.2, 0.25) is 0 Å². The molecule has 0 unspecified atom stereocenters. The van der Waals surface area contributed by atoms with Crippen molar-refractivity contribution in [2.24, 2.45) is 0 Å². The fraction of sp³-hybridized carbons (Fsp3) is 0.182. The van der Waals surface area contributed by atoms with Gasteiger partial charge in [-0.15, -0.1) is 0 Å². The first-order valence-electron chi connectivity index (χ1n) is 4.92. The Hall–Kier alpha value is -2.17. The van der Waals surface area contributed by atoms with Gasteiger partial charge in [0.25, 0.3) is 5.91 Å². The number of anilines is 1. The molecule has 84 valence electrons. The third kappa shape index (κ3) is 2.25. The molecule has 0 spiro atoms. The molecular formula is C11H13N3O2. The van der Waals surface area contributed by atoms with E-state index in [0.717, 1.165) is 11.5 Å². The molecule has 0 aliphatic heterocycles. The van der Waals surface area contributed by atoms with Crippen molar-refractivity contribution >= 4 is 11.6 Å². The summed E-state index contributed by atoms with van der Waals surface area (Å²) >= 11 is 0. The minimum Gasteiger partial charge on any atom is -0.465 e. The zero-order valence-electron chi connectivity index (χ0n) is 8.91. The van der Waals surface area contributed by atoms with Crippen LogP contribution in [0.2, 0.25) is 0 Å². The van der Waals surface area contributed by atoms with Crippen LogP contribution >= 0.6 is 0 Å². The number of carbonyl (C=O) groups excluding carboxylic acids is 1. The highest BCUT2D eigenvalue weighted by molar-refractivity contribution is 5.93. The van der Waals surface area contributed by atoms with Crippen molar-refractivity contribution in [2.45, 2.75) is 13.5 Å². The van der Waals surface area contributed by atoms with Crippen molar-refractivity contribution in [1.82, 2.24) is 10.3 Å². The van der Waals surface area contributed by atoms with E-state index in [2.05, 4.69) is 10.3 Å². The van der Waals surface area contributed by atoms with E-state index in [1.54, 1.807) is 12.3 Å². The monoisotopic (exact) mass is 219 g/mol. The first-order valence-corrected chi connectivity index (χ1v) is 4.92. The van der Waals surface area contributed by atoms with Crippen LogP contribution in [-0.4, -0.2) is 10.9 Å². The summed E-state index contributed by atoms with van der Waals surface area (Å²) in [4.78, 5) is 14.4. The maximum Gasteiger partial charge on any atom is 0.268 e. The van der Waals surface area contributed by atoms with Gasteiger partial charge in [-0.3, -0.25) is 4.79 Å². The number of amides is 1. The second kappa shape index (κ2) is 4.14. The minimum absolute atomic E-state index is 0.203. The number of furan rings is 1. The summed E-state index contributed by atoms with van der Waals surface area (Å²) in [5.41, 5.74) is 6.48. The Bertz CT molecular complexity index is 499. The van der Waals surface area contributed by atoms with Crippen LogP contribution in [0.1, 0.15) is 22.0 Å². The van der Waals surface area contributed by atoms with E-state index >= 15 is 0 Å². The van der Waals surface area contributed by atoms with Crippen LogP contribution in [-0.2, 0) is 6.54 Å². The quantitative estimate of drug-likeness (QED) is 0.730. The number of rotatable bonds is 3. The molecule has 0 saturated carbocycles. The SMILES string of the molecule is Cc1ccc(CNC(=O)c2cc(N)c[nH]2)o1. The fourth-order valence-corrected chi connectivity index (χ4v) is 1.38. The van der Waals surface area contributed by atoms with Crippen LogP contribution in [0.15, 0.2) is 28.8 Å². The number of aromatic amines is 1. The van der Waals surface area contributed by atoms with Crippen LogP contribution in [0, 0.1) is 6.92 Å². The zero-order chi connectivity index (χ0) is 11.5. The standard InChI is InChI=1S/C11H13N3O2/c1-7-2-3-9(16-7)6-14-11(15)10-4-8(12)5-13-10/h2-5,13H,6,12H2,1H3,(H,14,15). The summed E-state index contributed by atoms with van der Waals surface area (Å²) in [7, 11) is 0. The van der Waals surface area contributed by atoms with Gasteiger partial charge in [-0.25, -0.2) is 0 Å². The Kier molecular flexibility index (Phi) is 2.68. The van der Waals surface area contributed by atoms with E-state index in [1.807, 2.05) is 19.1 Å². The van der Waals surface area contributed by atoms with Crippen LogP contribution in [0.3, 0.4) is 0 Å². The van der Waals surface area contributed by atoms with E-state index in [4.69, 9.17) is 10.2 Å². The second-order valence-electron chi connectivity index (χ2n) is 3.54. The van der Waals surface area contributed by atoms with Gasteiger partial charge < -0.3 is 20.5 Å². The van der Waals surface area contributed by atoms with E-state index in [9.17, 15) is 4.79 Å². The van der Waals surface area contributed by atoms with Gasteiger partial charge in [0.1, 0.15) is 17.2 Å². The highest BCUT2D eigenvalue weighted by atomic mass is 16.3. The molecule has 4 N–H and O–H groups in total. The lowest BCUT2D eigenvalue weighted by molar-refractivity contribution is 0.0943. The molecular weight excluding hydrogens is 206 g/mol. The van der Waals surface area contributed by atoms with Crippen molar-refractivity contribution in [3.63, 3.8) is 0 Å². The number of H-pyrrole nitrogens is 1. The molecule has 0 radical (unpaired) electrons. The van der Waals surface area contributed by atoms with Gasteiger partial charge in [0.05, 0.1) is 6.54 Å². The third-order valence-corrected chi connectivity index (χ3v) is 2.17. The lowest BCUT2D eigenvalue weighted by Gasteiger charge is -2.00. The maximum absolute atomic E-state index is 11.6. The van der Waals surface area contributed by atoms with Gasteiger partial charge >= 0.3 is 0 Å². The van der Waals surface area contributed by atoms with Crippen molar-refractivity contribution in [3.8, 4) is 0 Å². The molecule has 0 aliphatic carbocycles. The number of nitrogen functional groups attached to an aromatic ring is 1. The third-order valence-electron chi connectivity index (χ3n) is 2.17. The number of nitrogens with one attached hydrogen (secondary N) is 2. The Morgan fingerprint density at radius 2 is 2.38 bits per heavy atom. The molecule has 2 heterocycles. The predicted octanol–water partition coefficient (Wildman–Crippen LogP) is 1.43. The number of hydrogen-bond acceptors (Lipinski definition) is 3. The molecule has 2 aromatic rings. The lowest BCUT2D eigenvalue weighted by Crippen LogP contribution is -2.22. The molecule has 0 bridgehead atoms. The first kappa shape index (κ1) is 10.4. The Labute approximate surface area is 92.6 Å². The summed E-state index contributed by atoms with van der Waals surface area (Å²) in [6, 6.07) is 5.27. The average Bonchev–Trinajstić information content (AvgIpc) is 2.84. The van der Waals surface area contributed by atoms with Gasteiger partial charge in [0, 0.05) is 11.9 Å². The Morgan fingerprint density at radius 1 is 1.56 bits per heavy atom. The second-order valence-corrected chi connectivity index (χ2v) is 3.54. The molecule has 0 aromatic carbocycles. The number of carbonyl (C=O) groups is 1. The summed E-state index contributed by atoms with van der Waals surface area (Å²) < 4.78 is 5.33. The van der Waals surface area contributed by atoms with Crippen molar-refractivity contribution in [2.75, 3.05) is 5.73 Å². The van der Waals surface area contributed by atoms with Crippen LogP contribution < -0.4 is 11.1 Å². The smallest absolute Gasteiger partial charge is 0.268 e. The Balaban J connectivity index is 1.93. The normalized spacial score (nSPS) is 10.3. The van der Waals surface area contributed by atoms with E-state index in [1.165, 1.54) is 0 Å². The number of hydrogen-bond donors (Lipinski definition) is 3. The molecule has 0 aliphatic rings. The molecule has 0 atom stereocenters. The van der Waals surface area contributed by atoms with Crippen LogP contribution in [0.25, 0.3) is 0 Å². The Morgan fingerprint density at radius 3 is 2.94 bits per heavy atom. The molecule has 2 rings (SSSR count). The van der Waals surface area contributed by atoms with E-state index in [0.29, 0.717) is 17.9 Å². The fourth-order valence-electron chi connectivity index (χ4n) is 1.38. The number of nitrogens with two attached hydrogens (primary N) is 1. The number of aromatic nitrogens is 1. The zero-order valence-corrected chi connectivity index (χ0v) is 8.91. The van der Waals surface area contributed by atoms with Gasteiger partial charge in [-0.2, -0.15) is 0 Å². The molecule has 2 aromatic heterocycles. The van der Waals surface area contributed by atoms with Gasteiger partial charge in [-0.05, 0) is 25.1 Å². The molecule has 0 fully saturated rings. The highest BCUT2D eigenvalue weighted by Crippen LogP contribution is 2.07. The summed E-state index contributed by atoms with van der Waals surface area (Å²) in [5, 5.41) is 2.72. The predicted molar refractivity (Wildman–Crippen MR) is 59.8 cm³/mol. The molecule has 1 amide bonds. The largest absolute Gasteiger partial charge is 0.465 e. The van der Waals surface area contributed by atoms with Crippen molar-refractivity contribution < 1.29 is 9.21 Å². The molecule has 5 nitrogen and oxygen atoms in total. The van der Waals surface area contributed by atoms with E-state index < -0.39 is 0 Å². The topological polar surface area (TPSA) is 84.0 Å². The first-order chi connectivity index (χ1) is 7.65. The van der Waals surface area contributed by atoms with Crippen molar-refractivity contribution in [1.29, 1.82) is 0 Å². The van der Waals surface area contributed by atoms with Crippen molar-refractivity contribution in [3.05, 3.63) is 41.6 Å². The summed E-state index contributed by atoms with van der Waals surface area (Å²) in [5.74, 6) is 1.35.